The molecule has 1 aromatic carbocycles. The Bertz CT molecular complexity index is 923. The molecule has 4 nitrogen and oxygen atoms in total. The van der Waals surface area contributed by atoms with Crippen LogP contribution in [0.3, 0.4) is 0 Å². The number of hydrogen-bond acceptors (Lipinski definition) is 2. The molecule has 2 aliphatic heterocycles. The average Bonchev–Trinajstić information content (AvgIpc) is 3.29. The van der Waals surface area contributed by atoms with Crippen molar-refractivity contribution in [1.82, 2.24) is 19.7 Å². The van der Waals surface area contributed by atoms with Crippen LogP contribution in [0.5, 0.6) is 0 Å². The molecule has 1 N–H and O–H groups in total. The number of para-hydroxylation sites is 1. The Balaban J connectivity index is 1.75. The molecule has 0 amide bonds. The molecule has 1 saturated heterocycles. The molecule has 2 aliphatic rings. The minimum atomic E-state index is 0.355. The normalized spacial score (nSPS) is 26.0. The molecule has 2 atom stereocenters. The quantitative estimate of drug-likeness (QED) is 0.755. The highest BCUT2D eigenvalue weighted by atomic mass is 15.2. The van der Waals surface area contributed by atoms with Gasteiger partial charge in [-0.15, -0.1) is 0 Å². The third-order valence-electron chi connectivity index (χ3n) is 6.94. The van der Waals surface area contributed by atoms with E-state index >= 15 is 0 Å². The SMILES string of the molecule is CC[C@@]1(C)CCCN2CCc3c(n(Cc4ccn[nH]4)c4ccccc34)[C@@H]21. The van der Waals surface area contributed by atoms with E-state index in [1.165, 1.54) is 55.4 Å². The van der Waals surface area contributed by atoms with Crippen LogP contribution < -0.4 is 0 Å². The summed E-state index contributed by atoms with van der Waals surface area (Å²) in [6, 6.07) is 11.6. The van der Waals surface area contributed by atoms with Gasteiger partial charge in [0.15, 0.2) is 0 Å². The summed E-state index contributed by atoms with van der Waals surface area (Å²) in [5.41, 5.74) is 6.06. The molecule has 3 aromatic rings. The van der Waals surface area contributed by atoms with Gasteiger partial charge in [0, 0.05) is 29.3 Å². The highest BCUT2D eigenvalue weighted by molar-refractivity contribution is 5.86. The van der Waals surface area contributed by atoms with Crippen LogP contribution in [0.15, 0.2) is 36.5 Å². The predicted octanol–water partition coefficient (Wildman–Crippen LogP) is 4.52. The number of H-pyrrole nitrogens is 1. The molecular weight excluding hydrogens is 320 g/mol. The van der Waals surface area contributed by atoms with Crippen molar-refractivity contribution in [3.63, 3.8) is 0 Å². The van der Waals surface area contributed by atoms with Crippen molar-refractivity contribution in [3.05, 3.63) is 53.5 Å². The zero-order chi connectivity index (χ0) is 17.7. The highest BCUT2D eigenvalue weighted by Crippen LogP contribution is 2.52. The lowest BCUT2D eigenvalue weighted by Crippen LogP contribution is -2.48. The van der Waals surface area contributed by atoms with E-state index in [9.17, 15) is 0 Å². The first-order valence-corrected chi connectivity index (χ1v) is 10.0. The van der Waals surface area contributed by atoms with Crippen LogP contribution in [0.2, 0.25) is 0 Å². The lowest BCUT2D eigenvalue weighted by molar-refractivity contribution is 0.00942. The molecule has 5 rings (SSSR count). The van der Waals surface area contributed by atoms with Crippen LogP contribution >= 0.6 is 0 Å². The number of fused-ring (bicyclic) bond motifs is 5. The van der Waals surface area contributed by atoms with Gasteiger partial charge >= 0.3 is 0 Å². The summed E-state index contributed by atoms with van der Waals surface area (Å²) in [5, 5.41) is 8.79. The molecular formula is C22H28N4. The van der Waals surface area contributed by atoms with Crippen molar-refractivity contribution in [1.29, 1.82) is 0 Å². The first-order valence-electron chi connectivity index (χ1n) is 10.0. The van der Waals surface area contributed by atoms with E-state index in [-0.39, 0.29) is 0 Å². The zero-order valence-corrected chi connectivity index (χ0v) is 15.8. The van der Waals surface area contributed by atoms with Crippen molar-refractivity contribution in [3.8, 4) is 0 Å². The van der Waals surface area contributed by atoms with E-state index in [1.807, 2.05) is 6.20 Å². The standard InChI is InChI=1S/C22H28N4/c1-3-22(2)11-6-13-25-14-10-18-17-7-4-5-8-19(17)26(20(18)21(22)25)15-16-9-12-23-24-16/h4-5,7-9,12,21H,3,6,10-11,13-15H2,1-2H3,(H,23,24)/t21-,22+/m1/s1. The molecule has 2 aromatic heterocycles. The molecule has 136 valence electrons. The van der Waals surface area contributed by atoms with Gasteiger partial charge < -0.3 is 4.57 Å². The predicted molar refractivity (Wildman–Crippen MR) is 105 cm³/mol. The molecule has 0 spiro atoms. The van der Waals surface area contributed by atoms with E-state index in [4.69, 9.17) is 0 Å². The van der Waals surface area contributed by atoms with Crippen LogP contribution in [-0.2, 0) is 13.0 Å². The zero-order valence-electron chi connectivity index (χ0n) is 15.8. The molecule has 0 bridgehead atoms. The number of aromatic nitrogens is 3. The van der Waals surface area contributed by atoms with E-state index in [2.05, 4.69) is 63.8 Å². The monoisotopic (exact) mass is 348 g/mol. The maximum absolute atomic E-state index is 4.17. The Labute approximate surface area is 155 Å². The van der Waals surface area contributed by atoms with Crippen LogP contribution in [0.4, 0.5) is 0 Å². The van der Waals surface area contributed by atoms with Crippen molar-refractivity contribution in [2.45, 2.75) is 52.1 Å². The van der Waals surface area contributed by atoms with E-state index in [0.29, 0.717) is 11.5 Å². The summed E-state index contributed by atoms with van der Waals surface area (Å²) >= 11 is 0. The average molecular weight is 348 g/mol. The van der Waals surface area contributed by atoms with Gasteiger partial charge in [0.1, 0.15) is 0 Å². The highest BCUT2D eigenvalue weighted by Gasteiger charge is 2.45. The molecule has 0 unspecified atom stereocenters. The van der Waals surface area contributed by atoms with Gasteiger partial charge in [-0.2, -0.15) is 5.10 Å². The fourth-order valence-corrected chi connectivity index (χ4v) is 5.45. The second-order valence-electron chi connectivity index (χ2n) is 8.35. The van der Waals surface area contributed by atoms with Crippen LogP contribution in [0.25, 0.3) is 10.9 Å². The van der Waals surface area contributed by atoms with Crippen molar-refractivity contribution < 1.29 is 0 Å². The van der Waals surface area contributed by atoms with Gasteiger partial charge in [0.05, 0.1) is 18.3 Å². The Morgan fingerprint density at radius 1 is 1.23 bits per heavy atom. The lowest BCUT2D eigenvalue weighted by atomic mass is 9.69. The number of nitrogens with one attached hydrogen (secondary N) is 1. The van der Waals surface area contributed by atoms with Gasteiger partial charge in [-0.25, -0.2) is 0 Å². The molecule has 1 fully saturated rings. The second kappa shape index (κ2) is 5.98. The molecule has 4 heterocycles. The van der Waals surface area contributed by atoms with Gasteiger partial charge in [-0.3, -0.25) is 10.00 Å². The fourth-order valence-electron chi connectivity index (χ4n) is 5.45. The summed E-state index contributed by atoms with van der Waals surface area (Å²) in [5.74, 6) is 0. The summed E-state index contributed by atoms with van der Waals surface area (Å²) in [6.45, 7) is 8.20. The van der Waals surface area contributed by atoms with Crippen LogP contribution in [-0.4, -0.2) is 32.8 Å². The minimum absolute atomic E-state index is 0.355. The van der Waals surface area contributed by atoms with Gasteiger partial charge in [-0.05, 0) is 55.3 Å². The lowest BCUT2D eigenvalue weighted by Gasteiger charge is -2.51. The maximum atomic E-state index is 4.17. The number of benzene rings is 1. The number of rotatable bonds is 3. The molecule has 0 radical (unpaired) electrons. The van der Waals surface area contributed by atoms with Gasteiger partial charge in [0.25, 0.3) is 0 Å². The molecule has 0 saturated carbocycles. The third kappa shape index (κ3) is 2.28. The van der Waals surface area contributed by atoms with Crippen molar-refractivity contribution >= 4 is 10.9 Å². The summed E-state index contributed by atoms with van der Waals surface area (Å²) in [7, 11) is 0. The number of aromatic amines is 1. The largest absolute Gasteiger partial charge is 0.337 e. The summed E-state index contributed by atoms with van der Waals surface area (Å²) < 4.78 is 2.58. The first kappa shape index (κ1) is 16.1. The van der Waals surface area contributed by atoms with Crippen molar-refractivity contribution in [2.24, 2.45) is 5.41 Å². The third-order valence-corrected chi connectivity index (χ3v) is 6.94. The molecule has 26 heavy (non-hydrogen) atoms. The van der Waals surface area contributed by atoms with Crippen molar-refractivity contribution in [2.75, 3.05) is 13.1 Å². The van der Waals surface area contributed by atoms with E-state index in [1.54, 1.807) is 11.3 Å². The van der Waals surface area contributed by atoms with Gasteiger partial charge in [0.2, 0.25) is 0 Å². The Morgan fingerprint density at radius 2 is 2.12 bits per heavy atom. The number of hydrogen-bond donors (Lipinski definition) is 1. The topological polar surface area (TPSA) is 36.9 Å². The van der Waals surface area contributed by atoms with E-state index < -0.39 is 0 Å². The molecule has 4 heteroatoms. The smallest absolute Gasteiger partial charge is 0.0646 e. The van der Waals surface area contributed by atoms with Crippen LogP contribution in [0, 0.1) is 5.41 Å². The Hall–Kier alpha value is -2.07. The first-order chi connectivity index (χ1) is 12.7. The molecule has 0 aliphatic carbocycles. The van der Waals surface area contributed by atoms with E-state index in [0.717, 1.165) is 6.54 Å². The number of nitrogens with zero attached hydrogens (tertiary/aromatic N) is 3. The Morgan fingerprint density at radius 3 is 2.92 bits per heavy atom. The fraction of sp³-hybridized carbons (Fsp3) is 0.500. The van der Waals surface area contributed by atoms with Crippen LogP contribution in [0.1, 0.15) is 56.1 Å². The second-order valence-corrected chi connectivity index (χ2v) is 8.35. The number of piperidine rings is 1. The minimum Gasteiger partial charge on any atom is -0.337 e. The van der Waals surface area contributed by atoms with Gasteiger partial charge in [-0.1, -0.05) is 32.0 Å². The summed E-state index contributed by atoms with van der Waals surface area (Å²) in [4.78, 5) is 2.76. The maximum Gasteiger partial charge on any atom is 0.0646 e. The summed E-state index contributed by atoms with van der Waals surface area (Å²) in [6.07, 6.45) is 6.92. The Kier molecular flexibility index (Phi) is 3.71.